The van der Waals surface area contributed by atoms with E-state index >= 15 is 0 Å². The molecule has 164 valence electrons. The fourth-order valence-electron chi connectivity index (χ4n) is 3.47. The number of ether oxygens (including phenoxy) is 2. The Kier molecular flexibility index (Phi) is 6.73. The van der Waals surface area contributed by atoms with E-state index < -0.39 is 0 Å². The molecule has 0 unspecified atom stereocenters. The largest absolute Gasteiger partial charge is 0.462 e. The molecule has 0 saturated carbocycles. The van der Waals surface area contributed by atoms with E-state index in [0.717, 1.165) is 24.2 Å². The van der Waals surface area contributed by atoms with E-state index in [1.807, 2.05) is 7.05 Å². The third kappa shape index (κ3) is 5.18. The summed E-state index contributed by atoms with van der Waals surface area (Å²) < 4.78 is 11.1. The topological polar surface area (TPSA) is 101 Å². The molecule has 1 aliphatic rings. The molecule has 9 heteroatoms. The molecule has 1 saturated heterocycles. The van der Waals surface area contributed by atoms with E-state index in [-0.39, 0.29) is 0 Å². The summed E-state index contributed by atoms with van der Waals surface area (Å²) in [5.74, 6) is 1.09. The van der Waals surface area contributed by atoms with Crippen LogP contribution in [0.3, 0.4) is 0 Å². The minimum Gasteiger partial charge on any atom is -0.462 e. The molecule has 1 aliphatic heterocycles. The van der Waals surface area contributed by atoms with Crippen LogP contribution in [0.4, 0.5) is 5.95 Å². The highest BCUT2D eigenvalue weighted by atomic mass is 16.5. The lowest BCUT2D eigenvalue weighted by molar-refractivity contribution is 0.122. The van der Waals surface area contributed by atoms with Crippen molar-refractivity contribution >= 4 is 23.1 Å². The summed E-state index contributed by atoms with van der Waals surface area (Å²) in [6.07, 6.45) is 1.69. The van der Waals surface area contributed by atoms with Crippen molar-refractivity contribution in [3.8, 4) is 6.01 Å². The minimum absolute atomic E-state index is 0.313. The van der Waals surface area contributed by atoms with E-state index in [9.17, 15) is 0 Å². The van der Waals surface area contributed by atoms with Crippen LogP contribution in [-0.4, -0.2) is 72.7 Å². The van der Waals surface area contributed by atoms with Gasteiger partial charge in [-0.05, 0) is 44.2 Å². The third-order valence-electron chi connectivity index (χ3n) is 5.35. The first kappa shape index (κ1) is 21.2. The molecule has 9 nitrogen and oxygen atoms in total. The van der Waals surface area contributed by atoms with Crippen LogP contribution in [0.5, 0.6) is 6.01 Å². The second-order valence-corrected chi connectivity index (χ2v) is 7.55. The van der Waals surface area contributed by atoms with Gasteiger partial charge >= 0.3 is 6.01 Å². The molecule has 4 rings (SSSR count). The normalized spacial score (nSPS) is 14.6. The number of nitrogens with zero attached hydrogens (tertiary/aromatic N) is 5. The molecule has 0 bridgehead atoms. The molecule has 0 atom stereocenters. The molecule has 2 aromatic heterocycles. The second-order valence-electron chi connectivity index (χ2n) is 7.55. The first-order chi connectivity index (χ1) is 15.1. The minimum atomic E-state index is 0.313. The molecular weight excluding hydrogens is 394 g/mol. The predicted molar refractivity (Wildman–Crippen MR) is 121 cm³/mol. The Morgan fingerprint density at radius 2 is 2.06 bits per heavy atom. The summed E-state index contributed by atoms with van der Waals surface area (Å²) in [7, 11) is 1.88. The molecule has 1 fully saturated rings. The summed E-state index contributed by atoms with van der Waals surface area (Å²) in [5.41, 5.74) is 4.76. The summed E-state index contributed by atoms with van der Waals surface area (Å²) in [4.78, 5) is 23.5. The van der Waals surface area contributed by atoms with Gasteiger partial charge in [0.25, 0.3) is 0 Å². The Morgan fingerprint density at radius 3 is 2.87 bits per heavy atom. The zero-order valence-corrected chi connectivity index (χ0v) is 18.3. The molecule has 1 aromatic carbocycles. The number of H-pyrrole nitrogens is 1. The Bertz CT molecular complexity index is 1060. The predicted octanol–water partition coefficient (Wildman–Crippen LogP) is 2.02. The number of anilines is 1. The highest BCUT2D eigenvalue weighted by Crippen LogP contribution is 2.22. The van der Waals surface area contributed by atoms with E-state index in [1.54, 1.807) is 6.21 Å². The second kappa shape index (κ2) is 9.84. The average molecular weight is 424 g/mol. The third-order valence-corrected chi connectivity index (χ3v) is 5.35. The van der Waals surface area contributed by atoms with Crippen molar-refractivity contribution in [2.24, 2.45) is 4.99 Å². The first-order valence-corrected chi connectivity index (χ1v) is 10.6. The maximum absolute atomic E-state index is 5.70. The standard InChI is InChI=1S/C22H29N7O2/c1-15-16(2)25-19-5-4-17(12-18(15)19)13-24-14-20-26-21(29-7-10-30-11-8-29)28-22(27-20)31-9-6-23-3/h4-5,12,14,23,25H,6-11,13H2,1-3H3. The van der Waals surface area contributed by atoms with Crippen molar-refractivity contribution in [3.63, 3.8) is 0 Å². The van der Waals surface area contributed by atoms with Crippen molar-refractivity contribution in [1.82, 2.24) is 25.3 Å². The number of hydrogen-bond donors (Lipinski definition) is 2. The molecule has 0 spiro atoms. The van der Waals surface area contributed by atoms with Crippen LogP contribution in [-0.2, 0) is 11.3 Å². The van der Waals surface area contributed by atoms with Crippen molar-refractivity contribution in [1.29, 1.82) is 0 Å². The number of aryl methyl sites for hydroxylation is 2. The molecule has 31 heavy (non-hydrogen) atoms. The van der Waals surface area contributed by atoms with Gasteiger partial charge in [-0.25, -0.2) is 0 Å². The SMILES string of the molecule is CNCCOc1nc(C=NCc2ccc3[nH]c(C)c(C)c3c2)nc(N2CCOCC2)n1. The van der Waals surface area contributed by atoms with Gasteiger partial charge in [-0.15, -0.1) is 0 Å². The molecule has 0 amide bonds. The van der Waals surface area contributed by atoms with Gasteiger partial charge in [-0.1, -0.05) is 6.07 Å². The average Bonchev–Trinajstić information content (AvgIpc) is 3.08. The van der Waals surface area contributed by atoms with E-state index in [1.165, 1.54) is 16.6 Å². The van der Waals surface area contributed by atoms with Crippen LogP contribution in [0, 0.1) is 13.8 Å². The van der Waals surface area contributed by atoms with Crippen LogP contribution in [0.1, 0.15) is 22.6 Å². The monoisotopic (exact) mass is 423 g/mol. The van der Waals surface area contributed by atoms with Gasteiger partial charge in [0.05, 0.1) is 26.0 Å². The van der Waals surface area contributed by atoms with Gasteiger partial charge < -0.3 is 24.7 Å². The van der Waals surface area contributed by atoms with Gasteiger partial charge in [0.2, 0.25) is 5.95 Å². The fourth-order valence-corrected chi connectivity index (χ4v) is 3.47. The highest BCUT2D eigenvalue weighted by molar-refractivity contribution is 5.85. The summed E-state index contributed by atoms with van der Waals surface area (Å²) >= 11 is 0. The zero-order chi connectivity index (χ0) is 21.6. The molecule has 3 aromatic rings. The van der Waals surface area contributed by atoms with Crippen LogP contribution >= 0.6 is 0 Å². The number of aromatic amines is 1. The van der Waals surface area contributed by atoms with E-state index in [4.69, 9.17) is 9.47 Å². The number of aromatic nitrogens is 4. The summed E-state index contributed by atoms with van der Waals surface area (Å²) in [6.45, 7) is 8.77. The smallest absolute Gasteiger partial charge is 0.321 e. The number of morpholine rings is 1. The van der Waals surface area contributed by atoms with Gasteiger partial charge in [0.15, 0.2) is 5.82 Å². The lowest BCUT2D eigenvalue weighted by Gasteiger charge is -2.26. The van der Waals surface area contributed by atoms with Gasteiger partial charge in [0.1, 0.15) is 6.61 Å². The van der Waals surface area contributed by atoms with Gasteiger partial charge in [-0.2, -0.15) is 15.0 Å². The van der Waals surface area contributed by atoms with Crippen LogP contribution < -0.4 is 15.0 Å². The zero-order valence-electron chi connectivity index (χ0n) is 18.3. The molecule has 0 radical (unpaired) electrons. The summed E-state index contributed by atoms with van der Waals surface area (Å²) in [5, 5.41) is 4.29. The number of nitrogens with one attached hydrogen (secondary N) is 2. The Hall–Kier alpha value is -3.04. The Balaban J connectivity index is 1.52. The van der Waals surface area contributed by atoms with Crippen molar-refractivity contribution in [3.05, 3.63) is 40.8 Å². The lowest BCUT2D eigenvalue weighted by Crippen LogP contribution is -2.37. The molecule has 3 heterocycles. The first-order valence-electron chi connectivity index (χ1n) is 10.6. The summed E-state index contributed by atoms with van der Waals surface area (Å²) in [6, 6.07) is 6.69. The number of fused-ring (bicyclic) bond motifs is 1. The van der Waals surface area contributed by atoms with Gasteiger partial charge in [0, 0.05) is 36.2 Å². The number of rotatable bonds is 8. The Labute approximate surface area is 181 Å². The molecule has 2 N–H and O–H groups in total. The van der Waals surface area contributed by atoms with Crippen LogP contribution in [0.25, 0.3) is 10.9 Å². The van der Waals surface area contributed by atoms with Crippen molar-refractivity contribution in [2.45, 2.75) is 20.4 Å². The maximum atomic E-state index is 5.70. The van der Waals surface area contributed by atoms with E-state index in [0.29, 0.717) is 50.7 Å². The lowest BCUT2D eigenvalue weighted by atomic mass is 10.1. The highest BCUT2D eigenvalue weighted by Gasteiger charge is 2.16. The molecular formula is C22H29N7O2. The number of benzene rings is 1. The Morgan fingerprint density at radius 1 is 1.23 bits per heavy atom. The fraction of sp³-hybridized carbons (Fsp3) is 0.455. The number of likely N-dealkylation sites (N-methyl/N-ethyl adjacent to an activating group) is 1. The number of aliphatic imine (C=N–C) groups is 1. The van der Waals surface area contributed by atoms with Gasteiger partial charge in [-0.3, -0.25) is 4.99 Å². The quantitative estimate of drug-likeness (QED) is 0.422. The van der Waals surface area contributed by atoms with Crippen molar-refractivity contribution < 1.29 is 9.47 Å². The molecule has 0 aliphatic carbocycles. The van der Waals surface area contributed by atoms with Crippen LogP contribution in [0.15, 0.2) is 23.2 Å². The van der Waals surface area contributed by atoms with Crippen molar-refractivity contribution in [2.75, 3.05) is 51.4 Å². The van der Waals surface area contributed by atoms with E-state index in [2.05, 4.69) is 67.2 Å². The van der Waals surface area contributed by atoms with Crippen LogP contribution in [0.2, 0.25) is 0 Å². The maximum Gasteiger partial charge on any atom is 0.321 e. The number of hydrogen-bond acceptors (Lipinski definition) is 8.